The second-order valence-electron chi connectivity index (χ2n) is 5.84. The Balaban J connectivity index is 1.80. The summed E-state index contributed by atoms with van der Waals surface area (Å²) in [6, 6.07) is 0.385. The summed E-state index contributed by atoms with van der Waals surface area (Å²) in [7, 11) is -0.967. The lowest BCUT2D eigenvalue weighted by Gasteiger charge is -2.29. The highest BCUT2D eigenvalue weighted by molar-refractivity contribution is 7.80. The largest absolute Gasteiger partial charge is 0.398 e. The topological polar surface area (TPSA) is 114 Å². The lowest BCUT2D eigenvalue weighted by atomic mass is 10.1. The number of hydrogen-bond acceptors (Lipinski definition) is 8. The monoisotopic (exact) mass is 360 g/mol. The summed E-state index contributed by atoms with van der Waals surface area (Å²) in [5.74, 6) is 0.268. The minimum Gasteiger partial charge on any atom is -0.316 e. The van der Waals surface area contributed by atoms with Crippen molar-refractivity contribution in [1.82, 2.24) is 30.2 Å². The van der Waals surface area contributed by atoms with Crippen LogP contribution in [-0.2, 0) is 21.6 Å². The van der Waals surface area contributed by atoms with Gasteiger partial charge < -0.3 is 5.01 Å². The van der Waals surface area contributed by atoms with Crippen molar-refractivity contribution in [3.63, 3.8) is 0 Å². The maximum absolute atomic E-state index is 11.0. The van der Waals surface area contributed by atoms with Crippen molar-refractivity contribution in [2.45, 2.75) is 44.8 Å². The third-order valence-corrected chi connectivity index (χ3v) is 4.46. The van der Waals surface area contributed by atoms with Gasteiger partial charge in [-0.2, -0.15) is 8.42 Å². The first-order chi connectivity index (χ1) is 11.3. The number of rotatable bonds is 9. The van der Waals surface area contributed by atoms with Crippen LogP contribution in [0.3, 0.4) is 0 Å². The quantitative estimate of drug-likeness (QED) is 0.502. The van der Waals surface area contributed by atoms with E-state index in [0.717, 1.165) is 25.8 Å². The molecule has 0 saturated carbocycles. The van der Waals surface area contributed by atoms with Gasteiger partial charge in [0.2, 0.25) is 0 Å². The number of unbranched alkanes of at least 4 members (excludes halogenated alkanes) is 2. The van der Waals surface area contributed by atoms with Crippen molar-refractivity contribution >= 4 is 10.4 Å². The molecule has 24 heavy (non-hydrogen) atoms. The Morgan fingerprint density at radius 3 is 2.62 bits per heavy atom. The predicted molar refractivity (Wildman–Crippen MR) is 85.7 cm³/mol. The summed E-state index contributed by atoms with van der Waals surface area (Å²) in [6.45, 7) is 3.05. The first kappa shape index (κ1) is 18.8. The predicted octanol–water partition coefficient (Wildman–Crippen LogP) is 0.696. The van der Waals surface area contributed by atoms with Gasteiger partial charge in [0.15, 0.2) is 5.82 Å². The molecule has 1 aliphatic heterocycles. The van der Waals surface area contributed by atoms with Crippen molar-refractivity contribution in [3.8, 4) is 0 Å². The number of nitrogens with zero attached hydrogens (tertiary/aromatic N) is 6. The van der Waals surface area contributed by atoms with Crippen molar-refractivity contribution in [2.75, 3.05) is 13.6 Å². The molecule has 0 bridgehead atoms. The average molecular weight is 360 g/mol. The molecule has 1 aliphatic rings. The smallest absolute Gasteiger partial charge is 0.316 e. The van der Waals surface area contributed by atoms with E-state index < -0.39 is 16.5 Å². The molecule has 0 aliphatic carbocycles. The van der Waals surface area contributed by atoms with Crippen LogP contribution < -0.4 is 0 Å². The number of aryl methyl sites for hydroxylation is 1. The molecular formula is C13H24N6O4S. The third kappa shape index (κ3) is 5.23. The summed E-state index contributed by atoms with van der Waals surface area (Å²) in [5.41, 5.74) is 0. The molecule has 2 rings (SSSR count). The van der Waals surface area contributed by atoms with Gasteiger partial charge >= 0.3 is 10.4 Å². The first-order valence-electron chi connectivity index (χ1n) is 7.83. The molecule has 0 spiro atoms. The Morgan fingerprint density at radius 2 is 2.08 bits per heavy atom. The molecule has 0 amide bonds. The fourth-order valence-electron chi connectivity index (χ4n) is 2.74. The van der Waals surface area contributed by atoms with E-state index >= 15 is 0 Å². The van der Waals surface area contributed by atoms with Crippen LogP contribution in [0.1, 0.15) is 44.5 Å². The molecule has 10 nitrogen and oxygen atoms in total. The Bertz CT molecular complexity index is 649. The van der Waals surface area contributed by atoms with E-state index in [4.69, 9.17) is 8.74 Å². The van der Waals surface area contributed by atoms with Gasteiger partial charge in [-0.1, -0.05) is 12.8 Å². The van der Waals surface area contributed by atoms with Gasteiger partial charge in [0.1, 0.15) is 6.10 Å². The molecule has 2 unspecified atom stereocenters. The normalized spacial score (nSPS) is 20.0. The Morgan fingerprint density at radius 1 is 1.33 bits per heavy atom. The highest BCUT2D eigenvalue weighted by atomic mass is 32.3. The van der Waals surface area contributed by atoms with E-state index in [9.17, 15) is 8.42 Å². The summed E-state index contributed by atoms with van der Waals surface area (Å²) in [4.78, 5) is 0. The number of tetrazole rings is 1. The van der Waals surface area contributed by atoms with Crippen molar-refractivity contribution < 1.29 is 17.2 Å². The molecule has 2 heterocycles. The summed E-state index contributed by atoms with van der Waals surface area (Å²) >= 11 is 0. The molecule has 0 fully saturated rings. The van der Waals surface area contributed by atoms with Crippen LogP contribution in [0.4, 0.5) is 0 Å². The van der Waals surface area contributed by atoms with Crippen molar-refractivity contribution in [3.05, 3.63) is 18.1 Å². The van der Waals surface area contributed by atoms with Gasteiger partial charge in [-0.3, -0.25) is 4.55 Å². The van der Waals surface area contributed by atoms with E-state index in [1.165, 1.54) is 4.68 Å². The standard InChI is InChI=1S/C13H24N6O4S/c1-11-8-10-17(2)19(11)9-6-4-5-7-12(23-24(20,21)22)13-14-15-16-18(13)3/h8,10-12H,4-7,9H2,1-3H3,(H,20,21,22). The molecule has 1 N–H and O–H groups in total. The molecule has 11 heteroatoms. The molecule has 0 aromatic carbocycles. The zero-order chi connectivity index (χ0) is 17.7. The summed E-state index contributed by atoms with van der Waals surface area (Å²) in [5, 5.41) is 15.2. The molecule has 1 aromatic rings. The second-order valence-corrected chi connectivity index (χ2v) is 6.89. The maximum atomic E-state index is 11.0. The second kappa shape index (κ2) is 8.01. The van der Waals surface area contributed by atoms with Gasteiger partial charge in [0.25, 0.3) is 0 Å². The Labute approximate surface area is 142 Å². The van der Waals surface area contributed by atoms with Crippen LogP contribution in [-0.4, -0.2) is 62.8 Å². The zero-order valence-electron chi connectivity index (χ0n) is 14.1. The van der Waals surface area contributed by atoms with Gasteiger partial charge in [-0.15, -0.1) is 5.10 Å². The fourth-order valence-corrected chi connectivity index (χ4v) is 3.22. The van der Waals surface area contributed by atoms with Crippen molar-refractivity contribution in [1.29, 1.82) is 0 Å². The molecule has 0 saturated heterocycles. The maximum Gasteiger partial charge on any atom is 0.398 e. The fraction of sp³-hybridized carbons (Fsp3) is 0.769. The van der Waals surface area contributed by atoms with E-state index in [0.29, 0.717) is 12.5 Å². The minimum atomic E-state index is -4.57. The lowest BCUT2D eigenvalue weighted by molar-refractivity contribution is 0.0440. The third-order valence-electron chi connectivity index (χ3n) is 3.99. The molecular weight excluding hydrogens is 336 g/mol. The molecule has 1 aromatic heterocycles. The minimum absolute atomic E-state index is 0.268. The lowest BCUT2D eigenvalue weighted by Crippen LogP contribution is -2.37. The van der Waals surface area contributed by atoms with Crippen LogP contribution in [0.25, 0.3) is 0 Å². The highest BCUT2D eigenvalue weighted by Crippen LogP contribution is 2.23. The van der Waals surface area contributed by atoms with Crippen LogP contribution in [0.15, 0.2) is 12.3 Å². The molecule has 2 atom stereocenters. The summed E-state index contributed by atoms with van der Waals surface area (Å²) < 4.78 is 37.0. The SMILES string of the molecule is CC1C=CN(C)N1CCCCCC(OS(=O)(=O)O)c1nnnn1C. The molecule has 136 valence electrons. The number of aromatic nitrogens is 4. The average Bonchev–Trinajstić information content (AvgIpc) is 3.04. The van der Waals surface area contributed by atoms with E-state index in [1.54, 1.807) is 7.05 Å². The Hall–Kier alpha value is -1.56. The van der Waals surface area contributed by atoms with Crippen LogP contribution in [0.2, 0.25) is 0 Å². The highest BCUT2D eigenvalue weighted by Gasteiger charge is 2.24. The zero-order valence-corrected chi connectivity index (χ0v) is 14.9. The number of hydrazine groups is 1. The van der Waals surface area contributed by atoms with Gasteiger partial charge in [0.05, 0.1) is 0 Å². The molecule has 0 radical (unpaired) electrons. The summed E-state index contributed by atoms with van der Waals surface area (Å²) in [6.07, 6.45) is 6.28. The van der Waals surface area contributed by atoms with Crippen molar-refractivity contribution in [2.24, 2.45) is 7.05 Å². The van der Waals surface area contributed by atoms with Crippen LogP contribution in [0.5, 0.6) is 0 Å². The van der Waals surface area contributed by atoms with E-state index in [1.807, 2.05) is 13.2 Å². The Kier molecular flexibility index (Phi) is 6.27. The van der Waals surface area contributed by atoms with E-state index in [-0.39, 0.29) is 5.82 Å². The number of hydrogen-bond donors (Lipinski definition) is 1. The first-order valence-corrected chi connectivity index (χ1v) is 9.20. The van der Waals surface area contributed by atoms with Crippen LogP contribution >= 0.6 is 0 Å². The van der Waals surface area contributed by atoms with Gasteiger partial charge in [-0.25, -0.2) is 13.9 Å². The van der Waals surface area contributed by atoms with E-state index in [2.05, 4.69) is 38.5 Å². The van der Waals surface area contributed by atoms with Gasteiger partial charge in [-0.05, 0) is 36.3 Å². The van der Waals surface area contributed by atoms with Gasteiger partial charge in [0, 0.05) is 32.9 Å². The van der Waals surface area contributed by atoms with Crippen LogP contribution in [0, 0.1) is 0 Å².